The molecule has 0 radical (unpaired) electrons. The van der Waals surface area contributed by atoms with Crippen LogP contribution in [0, 0.1) is 17.8 Å². The summed E-state index contributed by atoms with van der Waals surface area (Å²) in [7, 11) is 0. The van der Waals surface area contributed by atoms with Crippen LogP contribution in [0.5, 0.6) is 0 Å². The Bertz CT molecular complexity index is 293. The van der Waals surface area contributed by atoms with E-state index in [1.807, 2.05) is 0 Å². The monoisotopic (exact) mass is 192 g/mol. The molecule has 76 valence electrons. The number of carbonyl (C=O) groups excluding carboxylic acids is 1. The Labute approximate surface area is 84.3 Å². The van der Waals surface area contributed by atoms with Gasteiger partial charge in [-0.2, -0.15) is 0 Å². The van der Waals surface area contributed by atoms with Gasteiger partial charge in [0.25, 0.3) is 0 Å². The average Bonchev–Trinajstić information content (AvgIpc) is 2.57. The molecular weight excluding hydrogens is 176 g/mol. The van der Waals surface area contributed by atoms with Crippen molar-refractivity contribution in [2.75, 3.05) is 6.61 Å². The largest absolute Gasteiger partial charge is 0.462 e. The van der Waals surface area contributed by atoms with Gasteiger partial charge in [-0.05, 0) is 31.1 Å². The topological polar surface area (TPSA) is 26.3 Å². The van der Waals surface area contributed by atoms with Gasteiger partial charge in [0.1, 0.15) is 0 Å². The zero-order valence-electron chi connectivity index (χ0n) is 8.37. The third-order valence-electron chi connectivity index (χ3n) is 4.04. The molecule has 14 heavy (non-hydrogen) atoms. The van der Waals surface area contributed by atoms with Crippen LogP contribution in [0.4, 0.5) is 0 Å². The van der Waals surface area contributed by atoms with Crippen molar-refractivity contribution >= 4 is 5.97 Å². The number of hydrogen-bond donors (Lipinski definition) is 0. The molecule has 3 aliphatic rings. The van der Waals surface area contributed by atoms with Gasteiger partial charge in [0.05, 0.1) is 6.61 Å². The number of rotatable bonds is 0. The fourth-order valence-electron chi connectivity index (χ4n) is 3.26. The molecular formula is C12H16O2. The zero-order chi connectivity index (χ0) is 9.54. The summed E-state index contributed by atoms with van der Waals surface area (Å²) in [6.45, 7) is 0.647. The minimum atomic E-state index is -0.0426. The van der Waals surface area contributed by atoms with Gasteiger partial charge in [-0.25, -0.2) is 4.79 Å². The molecule has 3 atom stereocenters. The number of ether oxygens (including phenoxy) is 1. The van der Waals surface area contributed by atoms with Gasteiger partial charge in [-0.15, -0.1) is 0 Å². The summed E-state index contributed by atoms with van der Waals surface area (Å²) < 4.78 is 5.10. The number of cyclic esters (lactones) is 1. The van der Waals surface area contributed by atoms with E-state index in [4.69, 9.17) is 4.74 Å². The van der Waals surface area contributed by atoms with Crippen LogP contribution < -0.4 is 0 Å². The summed E-state index contributed by atoms with van der Waals surface area (Å²) >= 11 is 0. The number of esters is 1. The summed E-state index contributed by atoms with van der Waals surface area (Å²) in [5.74, 6) is 1.91. The van der Waals surface area contributed by atoms with E-state index in [2.05, 4.69) is 6.08 Å². The highest BCUT2D eigenvalue weighted by Crippen LogP contribution is 2.43. The van der Waals surface area contributed by atoms with Crippen LogP contribution in [0.1, 0.15) is 32.1 Å². The minimum absolute atomic E-state index is 0.0426. The predicted octanol–water partition coefficient (Wildman–Crippen LogP) is 2.30. The second-order valence-electron chi connectivity index (χ2n) is 4.86. The second-order valence-corrected chi connectivity index (χ2v) is 4.86. The van der Waals surface area contributed by atoms with Crippen LogP contribution in [0.3, 0.4) is 0 Å². The lowest BCUT2D eigenvalue weighted by Gasteiger charge is -2.34. The lowest BCUT2D eigenvalue weighted by atomic mass is 9.69. The third-order valence-corrected chi connectivity index (χ3v) is 4.04. The van der Waals surface area contributed by atoms with Gasteiger partial charge < -0.3 is 4.74 Å². The first-order chi connectivity index (χ1) is 6.84. The summed E-state index contributed by atoms with van der Waals surface area (Å²) in [5.41, 5.74) is 0.994. The fraction of sp³-hybridized carbons (Fsp3) is 0.750. The third kappa shape index (κ3) is 1.20. The molecule has 1 aliphatic heterocycles. The van der Waals surface area contributed by atoms with Gasteiger partial charge in [-0.1, -0.05) is 18.9 Å². The molecule has 0 amide bonds. The quantitative estimate of drug-likeness (QED) is 0.550. The van der Waals surface area contributed by atoms with E-state index in [0.717, 1.165) is 11.5 Å². The SMILES string of the molecule is O=C1OCC2CC3CCCCC3C=C12. The molecule has 2 aliphatic carbocycles. The molecule has 0 bridgehead atoms. The number of carbonyl (C=O) groups is 1. The van der Waals surface area contributed by atoms with Crippen molar-refractivity contribution in [3.8, 4) is 0 Å². The molecule has 2 heteroatoms. The summed E-state index contributed by atoms with van der Waals surface area (Å²) in [6.07, 6.45) is 8.79. The maximum Gasteiger partial charge on any atom is 0.334 e. The van der Waals surface area contributed by atoms with E-state index in [0.29, 0.717) is 18.4 Å². The maximum absolute atomic E-state index is 11.4. The van der Waals surface area contributed by atoms with Gasteiger partial charge >= 0.3 is 5.97 Å². The minimum Gasteiger partial charge on any atom is -0.462 e. The lowest BCUT2D eigenvalue weighted by molar-refractivity contribution is -0.135. The van der Waals surface area contributed by atoms with Crippen LogP contribution in [-0.4, -0.2) is 12.6 Å². The van der Waals surface area contributed by atoms with E-state index in [1.165, 1.54) is 32.1 Å². The highest BCUT2D eigenvalue weighted by Gasteiger charge is 2.39. The number of hydrogen-bond acceptors (Lipinski definition) is 2. The summed E-state index contributed by atoms with van der Waals surface area (Å²) in [5, 5.41) is 0. The van der Waals surface area contributed by atoms with E-state index >= 15 is 0 Å². The molecule has 0 N–H and O–H groups in total. The van der Waals surface area contributed by atoms with E-state index in [1.54, 1.807) is 0 Å². The molecule has 0 aromatic heterocycles. The van der Waals surface area contributed by atoms with Crippen molar-refractivity contribution in [2.24, 2.45) is 17.8 Å². The van der Waals surface area contributed by atoms with Crippen molar-refractivity contribution in [2.45, 2.75) is 32.1 Å². The first kappa shape index (κ1) is 8.51. The van der Waals surface area contributed by atoms with Crippen molar-refractivity contribution < 1.29 is 9.53 Å². The normalized spacial score (nSPS) is 41.0. The highest BCUT2D eigenvalue weighted by molar-refractivity contribution is 5.91. The Morgan fingerprint density at radius 3 is 3.07 bits per heavy atom. The van der Waals surface area contributed by atoms with Gasteiger partial charge in [0, 0.05) is 11.5 Å². The molecule has 0 aromatic carbocycles. The van der Waals surface area contributed by atoms with Crippen LogP contribution in [0.15, 0.2) is 11.6 Å². The van der Waals surface area contributed by atoms with Crippen molar-refractivity contribution in [1.82, 2.24) is 0 Å². The Morgan fingerprint density at radius 1 is 1.29 bits per heavy atom. The molecule has 0 spiro atoms. The van der Waals surface area contributed by atoms with Crippen LogP contribution in [0.25, 0.3) is 0 Å². The Morgan fingerprint density at radius 2 is 2.14 bits per heavy atom. The fourth-order valence-corrected chi connectivity index (χ4v) is 3.26. The molecule has 1 heterocycles. The average molecular weight is 192 g/mol. The van der Waals surface area contributed by atoms with Crippen molar-refractivity contribution in [3.63, 3.8) is 0 Å². The summed E-state index contributed by atoms with van der Waals surface area (Å²) in [4.78, 5) is 11.4. The van der Waals surface area contributed by atoms with Crippen LogP contribution in [-0.2, 0) is 9.53 Å². The number of fused-ring (bicyclic) bond motifs is 2. The predicted molar refractivity (Wildman–Crippen MR) is 52.6 cm³/mol. The Kier molecular flexibility index (Phi) is 1.89. The smallest absolute Gasteiger partial charge is 0.334 e. The molecule has 0 aromatic rings. The molecule has 1 saturated heterocycles. The standard InChI is InChI=1S/C12H16O2/c13-12-11-6-9-4-2-1-3-8(9)5-10(11)7-14-12/h6,8-10H,1-5,7H2. The van der Waals surface area contributed by atoms with Gasteiger partial charge in [-0.3, -0.25) is 0 Å². The zero-order valence-corrected chi connectivity index (χ0v) is 8.37. The Hall–Kier alpha value is -0.790. The molecule has 1 saturated carbocycles. The molecule has 3 unspecified atom stereocenters. The lowest BCUT2D eigenvalue weighted by Crippen LogP contribution is -2.26. The molecule has 2 fully saturated rings. The van der Waals surface area contributed by atoms with Gasteiger partial charge in [0.15, 0.2) is 0 Å². The second kappa shape index (κ2) is 3.11. The molecule has 2 nitrogen and oxygen atoms in total. The van der Waals surface area contributed by atoms with E-state index < -0.39 is 0 Å². The van der Waals surface area contributed by atoms with Crippen LogP contribution >= 0.6 is 0 Å². The van der Waals surface area contributed by atoms with E-state index in [9.17, 15) is 4.79 Å². The van der Waals surface area contributed by atoms with Crippen LogP contribution in [0.2, 0.25) is 0 Å². The van der Waals surface area contributed by atoms with E-state index in [-0.39, 0.29) is 5.97 Å². The highest BCUT2D eigenvalue weighted by atomic mass is 16.5. The summed E-state index contributed by atoms with van der Waals surface area (Å²) in [6, 6.07) is 0. The first-order valence-corrected chi connectivity index (χ1v) is 5.73. The van der Waals surface area contributed by atoms with Gasteiger partial charge in [0.2, 0.25) is 0 Å². The first-order valence-electron chi connectivity index (χ1n) is 5.73. The van der Waals surface area contributed by atoms with Crippen molar-refractivity contribution in [1.29, 1.82) is 0 Å². The Balaban J connectivity index is 1.89. The maximum atomic E-state index is 11.4. The van der Waals surface area contributed by atoms with Crippen molar-refractivity contribution in [3.05, 3.63) is 11.6 Å². The molecule has 3 rings (SSSR count). The number of allylic oxidation sites excluding steroid dienone is 1.